The average molecular weight is 297 g/mol. The number of carbonyl (C=O) groups is 2. The summed E-state index contributed by atoms with van der Waals surface area (Å²) < 4.78 is 25.7. The molecule has 1 heterocycles. The Balaban J connectivity index is 2.07. The van der Waals surface area contributed by atoms with Crippen LogP contribution in [0.5, 0.6) is 0 Å². The molecule has 0 bridgehead atoms. The van der Waals surface area contributed by atoms with Gasteiger partial charge in [-0.15, -0.1) is 11.3 Å². The van der Waals surface area contributed by atoms with Crippen LogP contribution in [0.1, 0.15) is 15.2 Å². The van der Waals surface area contributed by atoms with Gasteiger partial charge < -0.3 is 10.4 Å². The fourth-order valence-electron chi connectivity index (χ4n) is 1.60. The fourth-order valence-corrected chi connectivity index (χ4v) is 2.29. The van der Waals surface area contributed by atoms with Crippen LogP contribution in [0, 0.1) is 11.6 Å². The van der Waals surface area contributed by atoms with E-state index in [1.807, 2.05) is 0 Å². The molecule has 1 aromatic heterocycles. The van der Waals surface area contributed by atoms with E-state index in [9.17, 15) is 18.4 Å². The molecule has 0 aliphatic carbocycles. The molecule has 0 unspecified atom stereocenters. The zero-order chi connectivity index (χ0) is 14.7. The van der Waals surface area contributed by atoms with Crippen LogP contribution < -0.4 is 5.32 Å². The van der Waals surface area contributed by atoms with Gasteiger partial charge in [0.2, 0.25) is 5.91 Å². The minimum Gasteiger partial charge on any atom is -0.477 e. The van der Waals surface area contributed by atoms with Gasteiger partial charge in [-0.3, -0.25) is 4.79 Å². The summed E-state index contributed by atoms with van der Waals surface area (Å²) >= 11 is 0.986. The molecular weight excluding hydrogens is 288 g/mol. The number of nitrogens with one attached hydrogen (secondary N) is 1. The molecule has 2 N–H and O–H groups in total. The molecule has 2 aromatic rings. The summed E-state index contributed by atoms with van der Waals surface area (Å²) in [6.45, 7) is 0. The van der Waals surface area contributed by atoms with Crippen molar-refractivity contribution in [2.45, 2.75) is 6.42 Å². The van der Waals surface area contributed by atoms with E-state index in [0.717, 1.165) is 23.5 Å². The summed E-state index contributed by atoms with van der Waals surface area (Å²) in [5, 5.41) is 12.9. The van der Waals surface area contributed by atoms with Gasteiger partial charge in [-0.1, -0.05) is 6.07 Å². The Kier molecular flexibility index (Phi) is 4.09. The SMILES string of the molecule is O=C(Cc1ccc(F)c(F)c1)Nc1ccsc1C(=O)O. The molecule has 1 amide bonds. The number of anilines is 1. The number of aromatic carboxylic acids is 1. The Labute approximate surface area is 116 Å². The highest BCUT2D eigenvalue weighted by molar-refractivity contribution is 7.12. The van der Waals surface area contributed by atoms with Gasteiger partial charge >= 0.3 is 5.97 Å². The van der Waals surface area contributed by atoms with Crippen molar-refractivity contribution in [3.8, 4) is 0 Å². The number of carbonyl (C=O) groups excluding carboxylic acids is 1. The Morgan fingerprint density at radius 2 is 1.95 bits per heavy atom. The minimum atomic E-state index is -1.14. The predicted molar refractivity (Wildman–Crippen MR) is 70.0 cm³/mol. The smallest absolute Gasteiger partial charge is 0.348 e. The maximum Gasteiger partial charge on any atom is 0.348 e. The molecule has 104 valence electrons. The minimum absolute atomic E-state index is 0.0173. The van der Waals surface area contributed by atoms with Gasteiger partial charge in [0.25, 0.3) is 0 Å². The third kappa shape index (κ3) is 3.18. The van der Waals surface area contributed by atoms with E-state index in [0.29, 0.717) is 5.56 Å². The molecule has 20 heavy (non-hydrogen) atoms. The van der Waals surface area contributed by atoms with Crippen LogP contribution in [0.25, 0.3) is 0 Å². The van der Waals surface area contributed by atoms with E-state index in [2.05, 4.69) is 5.32 Å². The Hall–Kier alpha value is -2.28. The number of amides is 1. The maximum atomic E-state index is 13.0. The van der Waals surface area contributed by atoms with Crippen LogP contribution in [0.4, 0.5) is 14.5 Å². The third-order valence-corrected chi connectivity index (χ3v) is 3.38. The molecule has 0 saturated heterocycles. The zero-order valence-electron chi connectivity index (χ0n) is 10.0. The molecule has 0 radical (unpaired) electrons. The molecule has 0 aliphatic heterocycles. The summed E-state index contributed by atoms with van der Waals surface area (Å²) in [7, 11) is 0. The second kappa shape index (κ2) is 5.79. The molecule has 0 spiro atoms. The van der Waals surface area contributed by atoms with Gasteiger partial charge in [-0.2, -0.15) is 0 Å². The van der Waals surface area contributed by atoms with Gasteiger partial charge in [0.1, 0.15) is 4.88 Å². The first-order valence-corrected chi connectivity index (χ1v) is 6.40. The quantitative estimate of drug-likeness (QED) is 0.912. The second-order valence-electron chi connectivity index (χ2n) is 3.94. The summed E-state index contributed by atoms with van der Waals surface area (Å²) in [5.74, 6) is -3.66. The van der Waals surface area contributed by atoms with Crippen LogP contribution in [0.15, 0.2) is 29.6 Å². The molecule has 0 saturated carbocycles. The third-order valence-electron chi connectivity index (χ3n) is 2.48. The van der Waals surface area contributed by atoms with Gasteiger partial charge in [0, 0.05) is 0 Å². The number of thiophene rings is 1. The van der Waals surface area contributed by atoms with Crippen LogP contribution in [-0.4, -0.2) is 17.0 Å². The lowest BCUT2D eigenvalue weighted by atomic mass is 10.1. The van der Waals surface area contributed by atoms with Crippen molar-refractivity contribution in [2.75, 3.05) is 5.32 Å². The number of benzene rings is 1. The van der Waals surface area contributed by atoms with Crippen molar-refractivity contribution in [1.29, 1.82) is 0 Å². The maximum absolute atomic E-state index is 13.0. The van der Waals surface area contributed by atoms with E-state index in [1.165, 1.54) is 17.5 Å². The van der Waals surface area contributed by atoms with Crippen LogP contribution in [0.2, 0.25) is 0 Å². The number of rotatable bonds is 4. The van der Waals surface area contributed by atoms with Gasteiger partial charge in [-0.05, 0) is 29.1 Å². The highest BCUT2D eigenvalue weighted by atomic mass is 32.1. The summed E-state index contributed by atoms with van der Waals surface area (Å²) in [6, 6.07) is 4.63. The highest BCUT2D eigenvalue weighted by Crippen LogP contribution is 2.22. The van der Waals surface area contributed by atoms with E-state index in [1.54, 1.807) is 0 Å². The number of carboxylic acid groups (broad SMARTS) is 1. The molecule has 0 atom stereocenters. The van der Waals surface area contributed by atoms with E-state index in [-0.39, 0.29) is 17.0 Å². The standard InChI is InChI=1S/C13H9F2NO3S/c14-8-2-1-7(5-9(8)15)6-11(17)16-10-3-4-20-12(10)13(18)19/h1-5H,6H2,(H,16,17)(H,18,19). The van der Waals surface area contributed by atoms with Crippen molar-refractivity contribution in [2.24, 2.45) is 0 Å². The van der Waals surface area contributed by atoms with Crippen LogP contribution in [-0.2, 0) is 11.2 Å². The molecule has 0 aliphatic rings. The van der Waals surface area contributed by atoms with Gasteiger partial charge in [0.15, 0.2) is 11.6 Å². The number of hydrogen-bond acceptors (Lipinski definition) is 3. The Morgan fingerprint density at radius 3 is 2.60 bits per heavy atom. The first-order chi connectivity index (χ1) is 9.47. The monoisotopic (exact) mass is 297 g/mol. The highest BCUT2D eigenvalue weighted by Gasteiger charge is 2.14. The Morgan fingerprint density at radius 1 is 1.20 bits per heavy atom. The molecule has 2 rings (SSSR count). The average Bonchev–Trinajstić information content (AvgIpc) is 2.82. The van der Waals surface area contributed by atoms with Crippen molar-refractivity contribution in [1.82, 2.24) is 0 Å². The van der Waals surface area contributed by atoms with Gasteiger partial charge in [-0.25, -0.2) is 13.6 Å². The predicted octanol–water partition coefficient (Wildman–Crippen LogP) is 2.91. The van der Waals surface area contributed by atoms with Crippen molar-refractivity contribution in [3.63, 3.8) is 0 Å². The molecule has 0 fully saturated rings. The molecule has 7 heteroatoms. The molecule has 1 aromatic carbocycles. The lowest BCUT2D eigenvalue weighted by Crippen LogP contribution is -2.15. The molecule has 4 nitrogen and oxygen atoms in total. The Bertz CT molecular complexity index is 669. The van der Waals surface area contributed by atoms with Gasteiger partial charge in [0.05, 0.1) is 12.1 Å². The number of hydrogen-bond donors (Lipinski definition) is 2. The summed E-state index contributed by atoms with van der Waals surface area (Å²) in [5.41, 5.74) is 0.489. The first kappa shape index (κ1) is 14.1. The first-order valence-electron chi connectivity index (χ1n) is 5.52. The topological polar surface area (TPSA) is 66.4 Å². The second-order valence-corrected chi connectivity index (χ2v) is 4.86. The van der Waals surface area contributed by atoms with Crippen LogP contribution >= 0.6 is 11.3 Å². The van der Waals surface area contributed by atoms with Crippen molar-refractivity contribution >= 4 is 28.9 Å². The summed E-state index contributed by atoms with van der Waals surface area (Å²) in [6.07, 6.45) is -0.174. The number of halogens is 2. The lowest BCUT2D eigenvalue weighted by molar-refractivity contribution is -0.115. The van der Waals surface area contributed by atoms with Crippen molar-refractivity contribution < 1.29 is 23.5 Å². The summed E-state index contributed by atoms with van der Waals surface area (Å²) in [4.78, 5) is 22.6. The largest absolute Gasteiger partial charge is 0.477 e. The normalized spacial score (nSPS) is 10.3. The van der Waals surface area contributed by atoms with E-state index >= 15 is 0 Å². The lowest BCUT2D eigenvalue weighted by Gasteiger charge is -2.05. The van der Waals surface area contributed by atoms with Crippen molar-refractivity contribution in [3.05, 3.63) is 51.7 Å². The fraction of sp³-hybridized carbons (Fsp3) is 0.0769. The van der Waals surface area contributed by atoms with E-state index in [4.69, 9.17) is 5.11 Å². The van der Waals surface area contributed by atoms with E-state index < -0.39 is 23.5 Å². The molecular formula is C13H9F2NO3S. The number of carboxylic acids is 1. The zero-order valence-corrected chi connectivity index (χ0v) is 10.8. The van der Waals surface area contributed by atoms with Crippen LogP contribution in [0.3, 0.4) is 0 Å².